The minimum Gasteiger partial charge on any atom is -0.507 e. The lowest BCUT2D eigenvalue weighted by Gasteiger charge is -2.05. The molecule has 4 nitrogen and oxygen atoms in total. The first-order valence-electron chi connectivity index (χ1n) is 3.36. The van der Waals surface area contributed by atoms with Crippen molar-refractivity contribution < 1.29 is 19.7 Å². The lowest BCUT2D eigenvalue weighted by atomic mass is 10.2. The van der Waals surface area contributed by atoms with Gasteiger partial charge in [-0.2, -0.15) is 0 Å². The molecule has 1 aromatic carbocycles. The highest BCUT2D eigenvalue weighted by Gasteiger charge is 2.13. The third-order valence-corrected chi connectivity index (χ3v) is 2.12. The van der Waals surface area contributed by atoms with Gasteiger partial charge in [0.25, 0.3) is 0 Å². The number of methoxy groups -OCH3 is 1. The second-order valence-corrected chi connectivity index (χ2v) is 3.16. The molecule has 0 saturated carbocycles. The summed E-state index contributed by atoms with van der Waals surface area (Å²) in [6.45, 7) is 0. The van der Waals surface area contributed by atoms with E-state index in [1.807, 2.05) is 0 Å². The van der Waals surface area contributed by atoms with E-state index in [9.17, 15) is 9.90 Å². The molecule has 0 spiro atoms. The van der Waals surface area contributed by atoms with Crippen molar-refractivity contribution in [1.82, 2.24) is 0 Å². The molecule has 1 rings (SSSR count). The van der Waals surface area contributed by atoms with Crippen molar-refractivity contribution in [3.63, 3.8) is 0 Å². The number of hydrogen-bond acceptors (Lipinski definition) is 3. The predicted molar refractivity (Wildman–Crippen MR) is 49.3 cm³/mol. The molecule has 0 saturated heterocycles. The maximum Gasteiger partial charge on any atom is 0.339 e. The summed E-state index contributed by atoms with van der Waals surface area (Å²) in [5.74, 6) is -1.11. The summed E-state index contributed by atoms with van der Waals surface area (Å²) in [5.41, 5.74) is -0.181. The zero-order valence-corrected chi connectivity index (χ0v) is 8.33. The summed E-state index contributed by atoms with van der Waals surface area (Å²) >= 11 is 3.11. The summed E-state index contributed by atoms with van der Waals surface area (Å²) in [4.78, 5) is 10.6. The Bertz CT molecular complexity index is 348. The van der Waals surface area contributed by atoms with E-state index in [-0.39, 0.29) is 11.3 Å². The molecular formula is C8H7BrO4. The van der Waals surface area contributed by atoms with E-state index in [1.165, 1.54) is 19.2 Å². The fourth-order valence-corrected chi connectivity index (χ4v) is 1.36. The Morgan fingerprint density at radius 2 is 2.15 bits per heavy atom. The Labute approximate surface area is 82.9 Å². The number of rotatable bonds is 2. The lowest BCUT2D eigenvalue weighted by molar-refractivity contribution is 0.0693. The Morgan fingerprint density at radius 1 is 1.54 bits per heavy atom. The normalized spacial score (nSPS) is 9.69. The molecule has 1 aromatic rings. The molecule has 0 aliphatic rings. The van der Waals surface area contributed by atoms with Gasteiger partial charge < -0.3 is 14.9 Å². The molecule has 0 radical (unpaired) electrons. The Kier molecular flexibility index (Phi) is 2.77. The van der Waals surface area contributed by atoms with Crippen LogP contribution in [0.5, 0.6) is 11.5 Å². The predicted octanol–water partition coefficient (Wildman–Crippen LogP) is 1.86. The van der Waals surface area contributed by atoms with E-state index >= 15 is 0 Å². The van der Waals surface area contributed by atoms with Gasteiger partial charge in [-0.3, -0.25) is 0 Å². The molecule has 0 aliphatic heterocycles. The summed E-state index contributed by atoms with van der Waals surface area (Å²) in [6.07, 6.45) is 0. The van der Waals surface area contributed by atoms with Crippen LogP contribution in [-0.4, -0.2) is 23.3 Å². The van der Waals surface area contributed by atoms with Crippen molar-refractivity contribution in [3.05, 3.63) is 22.2 Å². The molecule has 0 atom stereocenters. The first-order valence-corrected chi connectivity index (χ1v) is 4.15. The number of aromatic hydroxyl groups is 1. The summed E-state index contributed by atoms with van der Waals surface area (Å²) in [7, 11) is 1.42. The number of phenols is 1. The van der Waals surface area contributed by atoms with Crippen molar-refractivity contribution in [2.75, 3.05) is 7.11 Å². The van der Waals surface area contributed by atoms with Crippen LogP contribution in [0.3, 0.4) is 0 Å². The smallest absolute Gasteiger partial charge is 0.339 e. The average molecular weight is 247 g/mol. The number of carbonyl (C=O) groups is 1. The zero-order chi connectivity index (χ0) is 10.0. The van der Waals surface area contributed by atoms with Gasteiger partial charge in [0.05, 0.1) is 11.6 Å². The van der Waals surface area contributed by atoms with Gasteiger partial charge in [-0.05, 0) is 28.1 Å². The van der Waals surface area contributed by atoms with Crippen LogP contribution < -0.4 is 4.74 Å². The summed E-state index contributed by atoms with van der Waals surface area (Å²) in [5, 5.41) is 17.9. The van der Waals surface area contributed by atoms with Crippen molar-refractivity contribution >= 4 is 21.9 Å². The number of aromatic carboxylic acids is 1. The quantitative estimate of drug-likeness (QED) is 0.836. The third kappa shape index (κ3) is 1.92. The Hall–Kier alpha value is -1.23. The second-order valence-electron chi connectivity index (χ2n) is 2.31. The van der Waals surface area contributed by atoms with Crippen molar-refractivity contribution in [2.24, 2.45) is 0 Å². The molecular weight excluding hydrogens is 240 g/mol. The number of carboxylic acid groups (broad SMARTS) is 1. The molecule has 0 unspecified atom stereocenters. The average Bonchev–Trinajstić information content (AvgIpc) is 2.03. The van der Waals surface area contributed by atoms with Crippen LogP contribution in [0.15, 0.2) is 16.6 Å². The number of benzene rings is 1. The van der Waals surface area contributed by atoms with Crippen LogP contribution in [0, 0.1) is 0 Å². The fourth-order valence-electron chi connectivity index (χ4n) is 0.871. The van der Waals surface area contributed by atoms with Gasteiger partial charge in [-0.1, -0.05) is 0 Å². The molecule has 5 heteroatoms. The van der Waals surface area contributed by atoms with Crippen molar-refractivity contribution in [3.8, 4) is 11.5 Å². The van der Waals surface area contributed by atoms with E-state index in [4.69, 9.17) is 9.84 Å². The van der Waals surface area contributed by atoms with Gasteiger partial charge >= 0.3 is 5.97 Å². The summed E-state index contributed by atoms with van der Waals surface area (Å²) in [6, 6.07) is 2.53. The highest BCUT2D eigenvalue weighted by atomic mass is 79.9. The molecule has 0 aliphatic carbocycles. The minimum absolute atomic E-state index is 0.181. The number of carboxylic acids is 1. The van der Waals surface area contributed by atoms with Crippen LogP contribution in [0.2, 0.25) is 0 Å². The monoisotopic (exact) mass is 246 g/mol. The van der Waals surface area contributed by atoms with Gasteiger partial charge in [0, 0.05) is 0 Å². The van der Waals surface area contributed by atoms with Crippen LogP contribution in [0.4, 0.5) is 0 Å². The second kappa shape index (κ2) is 3.66. The first kappa shape index (κ1) is 9.85. The molecule has 0 heterocycles. The molecule has 0 amide bonds. The molecule has 0 aromatic heterocycles. The van der Waals surface area contributed by atoms with Crippen LogP contribution in [-0.2, 0) is 0 Å². The van der Waals surface area contributed by atoms with Crippen LogP contribution in [0.25, 0.3) is 0 Å². The van der Waals surface area contributed by atoms with E-state index in [0.29, 0.717) is 10.2 Å². The van der Waals surface area contributed by atoms with Gasteiger partial charge in [0.1, 0.15) is 17.1 Å². The topological polar surface area (TPSA) is 66.8 Å². The van der Waals surface area contributed by atoms with E-state index in [2.05, 4.69) is 15.9 Å². The Morgan fingerprint density at radius 3 is 2.62 bits per heavy atom. The molecule has 0 bridgehead atoms. The largest absolute Gasteiger partial charge is 0.507 e. The van der Waals surface area contributed by atoms with E-state index in [0.717, 1.165) is 0 Å². The van der Waals surface area contributed by atoms with E-state index in [1.54, 1.807) is 0 Å². The van der Waals surface area contributed by atoms with Crippen molar-refractivity contribution in [2.45, 2.75) is 0 Å². The van der Waals surface area contributed by atoms with E-state index < -0.39 is 5.97 Å². The van der Waals surface area contributed by atoms with Crippen LogP contribution >= 0.6 is 15.9 Å². The molecule has 2 N–H and O–H groups in total. The first-order chi connectivity index (χ1) is 6.06. The highest BCUT2D eigenvalue weighted by molar-refractivity contribution is 9.10. The van der Waals surface area contributed by atoms with Gasteiger partial charge in [-0.15, -0.1) is 0 Å². The van der Waals surface area contributed by atoms with Crippen molar-refractivity contribution in [1.29, 1.82) is 0 Å². The third-order valence-electron chi connectivity index (χ3n) is 1.50. The number of halogens is 1. The summed E-state index contributed by atoms with van der Waals surface area (Å²) < 4.78 is 5.38. The minimum atomic E-state index is -1.19. The van der Waals surface area contributed by atoms with Gasteiger partial charge in [0.15, 0.2) is 0 Å². The SMILES string of the molecule is COc1cc(C(=O)O)c(O)cc1Br. The zero-order valence-electron chi connectivity index (χ0n) is 6.74. The number of hydrogen-bond donors (Lipinski definition) is 2. The molecule has 70 valence electrons. The lowest BCUT2D eigenvalue weighted by Crippen LogP contribution is -1.98. The standard InChI is InChI=1S/C8H7BrO4/c1-13-7-2-4(8(11)12)6(10)3-5(7)9/h2-3,10H,1H3,(H,11,12). The Balaban J connectivity index is 3.30. The maximum absolute atomic E-state index is 10.6. The van der Waals surface area contributed by atoms with Gasteiger partial charge in [-0.25, -0.2) is 4.79 Å². The molecule has 13 heavy (non-hydrogen) atoms. The van der Waals surface area contributed by atoms with Gasteiger partial charge in [0.2, 0.25) is 0 Å². The van der Waals surface area contributed by atoms with Crippen LogP contribution in [0.1, 0.15) is 10.4 Å². The fraction of sp³-hybridized carbons (Fsp3) is 0.125. The maximum atomic E-state index is 10.6. The number of ether oxygens (including phenoxy) is 1. The molecule has 0 fully saturated rings. The highest BCUT2D eigenvalue weighted by Crippen LogP contribution is 2.31.